The molecule has 0 bridgehead atoms. The van der Waals surface area contributed by atoms with E-state index in [0.717, 1.165) is 0 Å². The van der Waals surface area contributed by atoms with Gasteiger partial charge in [0.2, 0.25) is 5.91 Å². The molecule has 2 aromatic rings. The zero-order valence-electron chi connectivity index (χ0n) is 13.0. The van der Waals surface area contributed by atoms with Crippen molar-refractivity contribution in [3.05, 3.63) is 54.7 Å². The number of methoxy groups -OCH3 is 1. The highest BCUT2D eigenvalue weighted by Crippen LogP contribution is 2.34. The molecule has 0 spiro atoms. The molecule has 122 valence electrons. The molecular formula is C17H15N3O3S. The third-order valence-electron chi connectivity index (χ3n) is 3.39. The van der Waals surface area contributed by atoms with Gasteiger partial charge >= 0.3 is 5.97 Å². The number of benzene rings is 1. The largest absolute Gasteiger partial charge is 0.469 e. The van der Waals surface area contributed by atoms with Gasteiger partial charge in [0.05, 0.1) is 19.2 Å². The Morgan fingerprint density at radius 1 is 1.25 bits per heavy atom. The Morgan fingerprint density at radius 3 is 2.67 bits per heavy atom. The molecule has 3 rings (SSSR count). The Morgan fingerprint density at radius 2 is 2.00 bits per heavy atom. The molecule has 1 aromatic heterocycles. The molecular weight excluding hydrogens is 326 g/mol. The zero-order chi connectivity index (χ0) is 16.9. The fourth-order valence-electron chi connectivity index (χ4n) is 2.24. The lowest BCUT2D eigenvalue weighted by Gasteiger charge is -2.16. The Labute approximate surface area is 143 Å². The van der Waals surface area contributed by atoms with Gasteiger partial charge in [-0.3, -0.25) is 14.5 Å². The first-order valence-electron chi connectivity index (χ1n) is 7.31. The van der Waals surface area contributed by atoms with E-state index >= 15 is 0 Å². The predicted molar refractivity (Wildman–Crippen MR) is 93.3 cm³/mol. The number of anilines is 1. The van der Waals surface area contributed by atoms with E-state index in [1.807, 2.05) is 36.4 Å². The van der Waals surface area contributed by atoms with Crippen molar-refractivity contribution >= 4 is 40.3 Å². The van der Waals surface area contributed by atoms with E-state index in [4.69, 9.17) is 0 Å². The topological polar surface area (TPSA) is 71.9 Å². The third-order valence-corrected chi connectivity index (χ3v) is 4.53. The zero-order valence-corrected chi connectivity index (χ0v) is 13.8. The van der Waals surface area contributed by atoms with Gasteiger partial charge in [0, 0.05) is 6.20 Å². The second kappa shape index (κ2) is 7.27. The highest BCUT2D eigenvalue weighted by Gasteiger charge is 2.40. The first-order chi connectivity index (χ1) is 11.7. The van der Waals surface area contributed by atoms with Crippen LogP contribution in [0.15, 0.2) is 59.7 Å². The molecule has 7 heteroatoms. The van der Waals surface area contributed by atoms with Crippen LogP contribution >= 0.6 is 11.8 Å². The van der Waals surface area contributed by atoms with Gasteiger partial charge in [0.15, 0.2) is 11.0 Å². The Bertz CT molecular complexity index is 765. The van der Waals surface area contributed by atoms with Gasteiger partial charge in [0.1, 0.15) is 5.25 Å². The van der Waals surface area contributed by atoms with Crippen molar-refractivity contribution in [2.75, 3.05) is 12.0 Å². The molecule has 0 saturated carbocycles. The number of amides is 1. The van der Waals surface area contributed by atoms with Gasteiger partial charge in [-0.15, -0.1) is 0 Å². The van der Waals surface area contributed by atoms with Crippen molar-refractivity contribution in [2.24, 2.45) is 4.99 Å². The summed E-state index contributed by atoms with van der Waals surface area (Å²) in [6.07, 6.45) is 1.64. The summed E-state index contributed by atoms with van der Waals surface area (Å²) < 4.78 is 4.68. The molecule has 0 unspecified atom stereocenters. The molecule has 2 heterocycles. The van der Waals surface area contributed by atoms with Crippen molar-refractivity contribution in [1.29, 1.82) is 0 Å². The molecule has 24 heavy (non-hydrogen) atoms. The first-order valence-corrected chi connectivity index (χ1v) is 8.19. The van der Waals surface area contributed by atoms with Crippen LogP contribution < -0.4 is 4.90 Å². The maximum atomic E-state index is 12.8. The molecule has 1 aliphatic heterocycles. The predicted octanol–water partition coefficient (Wildman–Crippen LogP) is 2.78. The second-order valence-corrected chi connectivity index (χ2v) is 6.15. The van der Waals surface area contributed by atoms with Crippen LogP contribution in [0.3, 0.4) is 0 Å². The lowest BCUT2D eigenvalue weighted by molar-refractivity contribution is -0.141. The van der Waals surface area contributed by atoms with Crippen LogP contribution in [0, 0.1) is 0 Å². The number of para-hydroxylation sites is 1. The minimum absolute atomic E-state index is 0.00454. The number of thioether (sulfide) groups is 1. The minimum atomic E-state index is -0.555. The number of ether oxygens (including phenoxy) is 1. The molecule has 6 nitrogen and oxygen atoms in total. The van der Waals surface area contributed by atoms with Gasteiger partial charge in [-0.2, -0.15) is 0 Å². The smallest absolute Gasteiger partial charge is 0.307 e. The van der Waals surface area contributed by atoms with Crippen molar-refractivity contribution in [3.8, 4) is 0 Å². The molecule has 1 aliphatic rings. The van der Waals surface area contributed by atoms with Crippen LogP contribution in [0.2, 0.25) is 0 Å². The lowest BCUT2D eigenvalue weighted by atomic mass is 10.2. The maximum absolute atomic E-state index is 12.8. The number of pyridine rings is 1. The number of esters is 1. The number of nitrogens with zero attached hydrogens (tertiary/aromatic N) is 3. The molecule has 0 aliphatic carbocycles. The normalized spacial score (nSPS) is 18.9. The summed E-state index contributed by atoms with van der Waals surface area (Å²) in [4.78, 5) is 34.5. The maximum Gasteiger partial charge on any atom is 0.307 e. The van der Waals surface area contributed by atoms with E-state index < -0.39 is 11.2 Å². The molecule has 1 atom stereocenters. The highest BCUT2D eigenvalue weighted by molar-refractivity contribution is 8.16. The number of rotatable bonds is 4. The summed E-state index contributed by atoms with van der Waals surface area (Å²) in [6.45, 7) is 0. The summed E-state index contributed by atoms with van der Waals surface area (Å²) in [5.74, 6) is -0.105. The quantitative estimate of drug-likeness (QED) is 0.800. The van der Waals surface area contributed by atoms with E-state index in [0.29, 0.717) is 16.7 Å². The van der Waals surface area contributed by atoms with Crippen molar-refractivity contribution < 1.29 is 14.3 Å². The van der Waals surface area contributed by atoms with Crippen molar-refractivity contribution in [3.63, 3.8) is 0 Å². The molecule has 0 N–H and O–H groups in total. The van der Waals surface area contributed by atoms with E-state index in [2.05, 4.69) is 14.7 Å². The van der Waals surface area contributed by atoms with Gasteiger partial charge in [-0.25, -0.2) is 9.98 Å². The summed E-state index contributed by atoms with van der Waals surface area (Å²) >= 11 is 1.25. The monoisotopic (exact) mass is 341 g/mol. The van der Waals surface area contributed by atoms with Crippen LogP contribution in [0.1, 0.15) is 6.42 Å². The highest BCUT2D eigenvalue weighted by atomic mass is 32.2. The number of carbonyl (C=O) groups is 2. The van der Waals surface area contributed by atoms with Crippen molar-refractivity contribution in [1.82, 2.24) is 4.98 Å². The number of aromatic nitrogens is 1. The average molecular weight is 341 g/mol. The molecule has 1 saturated heterocycles. The van der Waals surface area contributed by atoms with Gasteiger partial charge in [0.25, 0.3) is 0 Å². The Hall–Kier alpha value is -2.67. The number of aliphatic imine (C=N–C) groups is 1. The SMILES string of the molecule is COC(=O)C[C@@H]1SC(=Nc2ccccn2)N(c2ccccc2)C1=O. The van der Waals surface area contributed by atoms with Gasteiger partial charge < -0.3 is 4.74 Å². The van der Waals surface area contributed by atoms with Crippen LogP contribution in [-0.2, 0) is 14.3 Å². The van der Waals surface area contributed by atoms with Crippen molar-refractivity contribution in [2.45, 2.75) is 11.7 Å². The van der Waals surface area contributed by atoms with E-state index in [-0.39, 0.29) is 12.3 Å². The number of hydrogen-bond donors (Lipinski definition) is 0. The van der Waals surface area contributed by atoms with Crippen LogP contribution in [0.5, 0.6) is 0 Å². The summed E-state index contributed by atoms with van der Waals surface area (Å²) in [6, 6.07) is 14.6. The summed E-state index contributed by atoms with van der Waals surface area (Å²) in [5, 5.41) is -0.0566. The Kier molecular flexibility index (Phi) is 4.90. The van der Waals surface area contributed by atoms with E-state index in [1.54, 1.807) is 18.3 Å². The van der Waals surface area contributed by atoms with E-state index in [9.17, 15) is 9.59 Å². The fourth-order valence-corrected chi connectivity index (χ4v) is 3.37. The summed E-state index contributed by atoms with van der Waals surface area (Å²) in [7, 11) is 1.31. The van der Waals surface area contributed by atoms with Crippen LogP contribution in [0.4, 0.5) is 11.5 Å². The van der Waals surface area contributed by atoms with Crippen LogP contribution in [-0.4, -0.2) is 34.4 Å². The standard InChI is InChI=1S/C17H15N3O3S/c1-23-15(21)11-13-16(22)20(12-7-3-2-4-8-12)17(24-13)19-14-9-5-6-10-18-14/h2-10,13H,11H2,1H3/t13-/m0/s1. The van der Waals surface area contributed by atoms with Crippen LogP contribution in [0.25, 0.3) is 0 Å². The van der Waals surface area contributed by atoms with Gasteiger partial charge in [-0.1, -0.05) is 36.0 Å². The lowest BCUT2D eigenvalue weighted by Crippen LogP contribution is -2.32. The molecule has 1 aromatic carbocycles. The number of amidine groups is 1. The molecule has 1 amide bonds. The fraction of sp³-hybridized carbons (Fsp3) is 0.176. The van der Waals surface area contributed by atoms with Gasteiger partial charge in [-0.05, 0) is 24.3 Å². The summed E-state index contributed by atoms with van der Waals surface area (Å²) in [5.41, 5.74) is 0.706. The number of hydrogen-bond acceptors (Lipinski definition) is 6. The average Bonchev–Trinajstić information content (AvgIpc) is 2.91. The molecule has 1 fully saturated rings. The van der Waals surface area contributed by atoms with E-state index in [1.165, 1.54) is 23.8 Å². The molecule has 0 radical (unpaired) electrons. The Balaban J connectivity index is 1.96. The first kappa shape index (κ1) is 16.2. The number of carbonyl (C=O) groups excluding carboxylic acids is 2. The minimum Gasteiger partial charge on any atom is -0.469 e. The third kappa shape index (κ3) is 3.46. The second-order valence-electron chi connectivity index (χ2n) is 4.98.